The molecule has 0 atom stereocenters. The molecule has 0 unspecified atom stereocenters. The molecular formula is C16H18ClNO. The largest absolute Gasteiger partial charge is 0.495 e. The van der Waals surface area contributed by atoms with E-state index in [1.165, 1.54) is 11.1 Å². The summed E-state index contributed by atoms with van der Waals surface area (Å²) in [7, 11) is 1.62. The van der Waals surface area contributed by atoms with Gasteiger partial charge in [-0.2, -0.15) is 0 Å². The highest BCUT2D eigenvalue weighted by atomic mass is 35.5. The average molecular weight is 276 g/mol. The molecule has 0 saturated heterocycles. The van der Waals surface area contributed by atoms with Crippen LogP contribution in [0, 0.1) is 0 Å². The average Bonchev–Trinajstić information content (AvgIpc) is 2.45. The molecule has 0 amide bonds. The smallest absolute Gasteiger partial charge is 0.137 e. The Balaban J connectivity index is 2.08. The molecule has 0 heterocycles. The third kappa shape index (κ3) is 3.42. The van der Waals surface area contributed by atoms with Gasteiger partial charge in [-0.25, -0.2) is 0 Å². The lowest BCUT2D eigenvalue weighted by atomic mass is 10.1. The maximum absolute atomic E-state index is 6.10. The first-order valence-corrected chi connectivity index (χ1v) is 6.76. The van der Waals surface area contributed by atoms with Gasteiger partial charge >= 0.3 is 0 Å². The molecule has 100 valence electrons. The molecule has 2 aromatic carbocycles. The van der Waals surface area contributed by atoms with Crippen LogP contribution >= 0.6 is 11.6 Å². The maximum atomic E-state index is 6.10. The standard InChI is InChI=1S/C16H18ClNO/c1-3-12-6-4-5-7-13(12)11-18-14-8-9-16(19-2)15(17)10-14/h4-10,18H,3,11H2,1-2H3. The summed E-state index contributed by atoms with van der Waals surface area (Å²) in [6.45, 7) is 2.97. The van der Waals surface area contributed by atoms with Gasteiger partial charge in [0, 0.05) is 12.2 Å². The highest BCUT2D eigenvalue weighted by Crippen LogP contribution is 2.27. The summed E-state index contributed by atoms with van der Waals surface area (Å²) in [5, 5.41) is 4.01. The number of nitrogens with one attached hydrogen (secondary N) is 1. The molecule has 0 spiro atoms. The Morgan fingerprint density at radius 1 is 1.11 bits per heavy atom. The predicted molar refractivity (Wildman–Crippen MR) is 81.2 cm³/mol. The van der Waals surface area contributed by atoms with Gasteiger partial charge in [-0.05, 0) is 35.7 Å². The number of hydrogen-bond acceptors (Lipinski definition) is 2. The maximum Gasteiger partial charge on any atom is 0.137 e. The highest BCUT2D eigenvalue weighted by molar-refractivity contribution is 6.32. The van der Waals surface area contributed by atoms with E-state index in [1.807, 2.05) is 18.2 Å². The lowest BCUT2D eigenvalue weighted by molar-refractivity contribution is 0.415. The van der Waals surface area contributed by atoms with Crippen molar-refractivity contribution in [2.24, 2.45) is 0 Å². The minimum absolute atomic E-state index is 0.622. The summed E-state index contributed by atoms with van der Waals surface area (Å²) in [6.07, 6.45) is 1.04. The van der Waals surface area contributed by atoms with Gasteiger partial charge in [-0.3, -0.25) is 0 Å². The number of rotatable bonds is 5. The zero-order valence-electron chi connectivity index (χ0n) is 11.2. The summed E-state index contributed by atoms with van der Waals surface area (Å²) in [4.78, 5) is 0. The van der Waals surface area contributed by atoms with Crippen molar-refractivity contribution in [1.29, 1.82) is 0 Å². The number of anilines is 1. The van der Waals surface area contributed by atoms with Crippen LogP contribution in [0.25, 0.3) is 0 Å². The van der Waals surface area contributed by atoms with Gasteiger partial charge < -0.3 is 10.1 Å². The number of methoxy groups -OCH3 is 1. The van der Waals surface area contributed by atoms with Gasteiger partial charge in [-0.1, -0.05) is 42.8 Å². The molecule has 0 fully saturated rings. The molecule has 0 aliphatic rings. The minimum Gasteiger partial charge on any atom is -0.495 e. The van der Waals surface area contributed by atoms with Crippen LogP contribution in [0.3, 0.4) is 0 Å². The third-order valence-electron chi connectivity index (χ3n) is 3.13. The van der Waals surface area contributed by atoms with E-state index in [2.05, 4.69) is 36.5 Å². The van der Waals surface area contributed by atoms with Crippen molar-refractivity contribution in [3.63, 3.8) is 0 Å². The Kier molecular flexibility index (Phi) is 4.69. The molecule has 0 aliphatic heterocycles. The fraction of sp³-hybridized carbons (Fsp3) is 0.250. The van der Waals surface area contributed by atoms with Gasteiger partial charge in [0.25, 0.3) is 0 Å². The number of benzene rings is 2. The Morgan fingerprint density at radius 3 is 2.47 bits per heavy atom. The molecule has 0 radical (unpaired) electrons. The minimum atomic E-state index is 0.622. The van der Waals surface area contributed by atoms with Crippen LogP contribution in [0.5, 0.6) is 5.75 Å². The lowest BCUT2D eigenvalue weighted by Gasteiger charge is -2.11. The molecule has 0 aromatic heterocycles. The van der Waals surface area contributed by atoms with Gasteiger partial charge in [0.05, 0.1) is 12.1 Å². The SMILES string of the molecule is CCc1ccccc1CNc1ccc(OC)c(Cl)c1. The second-order valence-corrected chi connectivity index (χ2v) is 4.73. The van der Waals surface area contributed by atoms with E-state index in [-0.39, 0.29) is 0 Å². The summed E-state index contributed by atoms with van der Waals surface area (Å²) in [5.74, 6) is 0.696. The van der Waals surface area contributed by atoms with Crippen molar-refractivity contribution >= 4 is 17.3 Å². The quantitative estimate of drug-likeness (QED) is 0.866. The van der Waals surface area contributed by atoms with Crippen molar-refractivity contribution in [2.45, 2.75) is 19.9 Å². The van der Waals surface area contributed by atoms with Crippen LogP contribution < -0.4 is 10.1 Å². The second kappa shape index (κ2) is 6.48. The van der Waals surface area contributed by atoms with Crippen LogP contribution in [0.15, 0.2) is 42.5 Å². The molecule has 3 heteroatoms. The van der Waals surface area contributed by atoms with E-state index in [9.17, 15) is 0 Å². The van der Waals surface area contributed by atoms with Crippen molar-refractivity contribution < 1.29 is 4.74 Å². The summed E-state index contributed by atoms with van der Waals surface area (Å²) in [5.41, 5.74) is 3.68. The Morgan fingerprint density at radius 2 is 1.84 bits per heavy atom. The van der Waals surface area contributed by atoms with Crippen LogP contribution in [0.2, 0.25) is 5.02 Å². The first-order valence-electron chi connectivity index (χ1n) is 6.38. The van der Waals surface area contributed by atoms with Gasteiger partial charge in [0.2, 0.25) is 0 Å². The highest BCUT2D eigenvalue weighted by Gasteiger charge is 2.03. The number of hydrogen-bond donors (Lipinski definition) is 1. The van der Waals surface area contributed by atoms with Crippen molar-refractivity contribution in [2.75, 3.05) is 12.4 Å². The Labute approximate surface area is 119 Å². The predicted octanol–water partition coefficient (Wildman–Crippen LogP) is 4.52. The lowest BCUT2D eigenvalue weighted by Crippen LogP contribution is -2.02. The number of ether oxygens (including phenoxy) is 1. The van der Waals surface area contributed by atoms with Gasteiger partial charge in [0.1, 0.15) is 5.75 Å². The number of aryl methyl sites for hydroxylation is 1. The second-order valence-electron chi connectivity index (χ2n) is 4.33. The molecule has 0 aliphatic carbocycles. The van der Waals surface area contributed by atoms with E-state index in [0.717, 1.165) is 18.7 Å². The summed E-state index contributed by atoms with van der Waals surface area (Å²) >= 11 is 6.10. The molecule has 2 rings (SSSR count). The van der Waals surface area contributed by atoms with Crippen LogP contribution in [0.1, 0.15) is 18.1 Å². The molecule has 19 heavy (non-hydrogen) atoms. The Bertz CT molecular complexity index is 554. The topological polar surface area (TPSA) is 21.3 Å². The fourth-order valence-corrected chi connectivity index (χ4v) is 2.31. The molecule has 2 nitrogen and oxygen atoms in total. The van der Waals surface area contributed by atoms with Crippen molar-refractivity contribution in [3.8, 4) is 5.75 Å². The zero-order valence-corrected chi connectivity index (χ0v) is 12.0. The van der Waals surface area contributed by atoms with Crippen LogP contribution in [-0.2, 0) is 13.0 Å². The molecular weight excluding hydrogens is 258 g/mol. The third-order valence-corrected chi connectivity index (χ3v) is 3.43. The molecule has 0 bridgehead atoms. The fourth-order valence-electron chi connectivity index (χ4n) is 2.05. The van der Waals surface area contributed by atoms with E-state index >= 15 is 0 Å². The first-order chi connectivity index (χ1) is 9.24. The van der Waals surface area contributed by atoms with E-state index in [4.69, 9.17) is 16.3 Å². The monoisotopic (exact) mass is 275 g/mol. The van der Waals surface area contributed by atoms with Crippen LogP contribution in [0.4, 0.5) is 5.69 Å². The summed E-state index contributed by atoms with van der Waals surface area (Å²) < 4.78 is 5.14. The molecule has 1 N–H and O–H groups in total. The van der Waals surface area contributed by atoms with Gasteiger partial charge in [-0.15, -0.1) is 0 Å². The summed E-state index contributed by atoms with van der Waals surface area (Å²) in [6, 6.07) is 14.2. The van der Waals surface area contributed by atoms with E-state index < -0.39 is 0 Å². The van der Waals surface area contributed by atoms with E-state index in [0.29, 0.717) is 10.8 Å². The van der Waals surface area contributed by atoms with Crippen LogP contribution in [-0.4, -0.2) is 7.11 Å². The van der Waals surface area contributed by atoms with Gasteiger partial charge in [0.15, 0.2) is 0 Å². The van der Waals surface area contributed by atoms with E-state index in [1.54, 1.807) is 7.11 Å². The Hall–Kier alpha value is -1.67. The normalized spacial score (nSPS) is 10.3. The number of halogens is 1. The molecule has 2 aromatic rings. The van der Waals surface area contributed by atoms with Crippen molar-refractivity contribution in [1.82, 2.24) is 0 Å². The van der Waals surface area contributed by atoms with Crippen molar-refractivity contribution in [3.05, 3.63) is 58.6 Å². The molecule has 0 saturated carbocycles. The first kappa shape index (κ1) is 13.8. The zero-order chi connectivity index (χ0) is 13.7.